The lowest BCUT2D eigenvalue weighted by Crippen LogP contribution is -2.14. The van der Waals surface area contributed by atoms with Crippen LogP contribution in [0.4, 0.5) is 5.69 Å². The van der Waals surface area contributed by atoms with Gasteiger partial charge in [-0.1, -0.05) is 36.4 Å². The molecule has 3 rings (SSSR count). The molecule has 3 aromatic rings. The molecule has 0 aliphatic carbocycles. The Morgan fingerprint density at radius 2 is 1.32 bits per heavy atom. The van der Waals surface area contributed by atoms with Crippen molar-refractivity contribution in [3.05, 3.63) is 89.5 Å². The number of benzene rings is 3. The first-order valence-corrected chi connectivity index (χ1v) is 8.15. The number of nitrogens with two attached hydrogens (primary N) is 1. The van der Waals surface area contributed by atoms with Crippen LogP contribution in [0.2, 0.25) is 0 Å². The molecule has 1 amide bonds. The van der Waals surface area contributed by atoms with Gasteiger partial charge in [-0.05, 0) is 47.5 Å². The summed E-state index contributed by atoms with van der Waals surface area (Å²) in [4.78, 5) is 24.3. The zero-order valence-electron chi connectivity index (χ0n) is 14.7. The van der Waals surface area contributed by atoms with Crippen LogP contribution in [0.25, 0.3) is 11.1 Å². The second-order valence-electron chi connectivity index (χ2n) is 5.84. The number of amides is 1. The predicted octanol–water partition coefficient (Wildman–Crippen LogP) is 4.01. The molecule has 0 fully saturated rings. The molecule has 0 saturated carbocycles. The molecule has 0 radical (unpaired) electrons. The summed E-state index contributed by atoms with van der Waals surface area (Å²) in [6, 6.07) is 20.0. The third-order valence-electron chi connectivity index (χ3n) is 4.07. The highest BCUT2D eigenvalue weighted by Crippen LogP contribution is 2.28. The second-order valence-corrected chi connectivity index (χ2v) is 5.84. The standard InChI is InChI=1S/C21H17N3O3.ClH/c22-19(23)13-9-11-14(12-10-13)24-20(25)17-7-3-1-5-15(17)16-6-2-4-8-18(16)21(26)27;/h1-12H,(H3,22,23)(H,24,25)(H,26,27);1H. The number of carboxylic acids is 1. The summed E-state index contributed by atoms with van der Waals surface area (Å²) >= 11 is 0. The van der Waals surface area contributed by atoms with Gasteiger partial charge in [-0.25, -0.2) is 4.79 Å². The Labute approximate surface area is 167 Å². The van der Waals surface area contributed by atoms with Crippen LogP contribution in [0, 0.1) is 5.41 Å². The molecule has 0 spiro atoms. The number of amidine groups is 1. The van der Waals surface area contributed by atoms with Crippen molar-refractivity contribution in [1.29, 1.82) is 5.41 Å². The van der Waals surface area contributed by atoms with Crippen molar-refractivity contribution in [1.82, 2.24) is 0 Å². The van der Waals surface area contributed by atoms with Crippen molar-refractivity contribution < 1.29 is 14.7 Å². The fourth-order valence-corrected chi connectivity index (χ4v) is 2.75. The number of hydrogen-bond donors (Lipinski definition) is 4. The van der Waals surface area contributed by atoms with Gasteiger partial charge in [-0.15, -0.1) is 12.4 Å². The van der Waals surface area contributed by atoms with Crippen molar-refractivity contribution in [2.45, 2.75) is 0 Å². The van der Waals surface area contributed by atoms with Crippen molar-refractivity contribution in [2.24, 2.45) is 5.73 Å². The van der Waals surface area contributed by atoms with E-state index in [0.29, 0.717) is 27.9 Å². The number of rotatable bonds is 5. The van der Waals surface area contributed by atoms with Crippen LogP contribution in [-0.4, -0.2) is 22.8 Å². The van der Waals surface area contributed by atoms with Gasteiger partial charge in [-0.2, -0.15) is 0 Å². The van der Waals surface area contributed by atoms with Crippen LogP contribution in [0.3, 0.4) is 0 Å². The van der Waals surface area contributed by atoms with Crippen molar-refractivity contribution in [2.75, 3.05) is 5.32 Å². The number of hydrogen-bond acceptors (Lipinski definition) is 3. The maximum atomic E-state index is 12.8. The predicted molar refractivity (Wildman–Crippen MR) is 111 cm³/mol. The Kier molecular flexibility index (Phi) is 6.52. The first kappa shape index (κ1) is 20.7. The van der Waals surface area contributed by atoms with E-state index in [1.54, 1.807) is 66.7 Å². The van der Waals surface area contributed by atoms with Gasteiger partial charge in [0.2, 0.25) is 0 Å². The van der Waals surface area contributed by atoms with Crippen LogP contribution in [0.15, 0.2) is 72.8 Å². The van der Waals surface area contributed by atoms with Crippen molar-refractivity contribution >= 4 is 35.8 Å². The third kappa shape index (κ3) is 4.36. The van der Waals surface area contributed by atoms with E-state index in [2.05, 4.69) is 5.32 Å². The topological polar surface area (TPSA) is 116 Å². The van der Waals surface area contributed by atoms with E-state index in [9.17, 15) is 14.7 Å². The second kappa shape index (κ2) is 8.83. The molecule has 142 valence electrons. The third-order valence-corrected chi connectivity index (χ3v) is 4.07. The number of carboxylic acid groups (broad SMARTS) is 1. The minimum Gasteiger partial charge on any atom is -0.478 e. The molecular formula is C21H18ClN3O3. The average Bonchev–Trinajstić information content (AvgIpc) is 2.68. The van der Waals surface area contributed by atoms with Crippen LogP contribution in [0.5, 0.6) is 0 Å². The summed E-state index contributed by atoms with van der Waals surface area (Å²) in [5.41, 5.74) is 8.03. The Morgan fingerprint density at radius 3 is 1.86 bits per heavy atom. The van der Waals surface area contributed by atoms with Crippen LogP contribution in [0.1, 0.15) is 26.3 Å². The summed E-state index contributed by atoms with van der Waals surface area (Å²) < 4.78 is 0. The van der Waals surface area contributed by atoms with Gasteiger partial charge in [0, 0.05) is 16.8 Å². The lowest BCUT2D eigenvalue weighted by atomic mass is 9.95. The van der Waals surface area contributed by atoms with E-state index in [0.717, 1.165) is 0 Å². The summed E-state index contributed by atoms with van der Waals surface area (Å²) in [7, 11) is 0. The summed E-state index contributed by atoms with van der Waals surface area (Å²) in [6.07, 6.45) is 0. The van der Waals surface area contributed by atoms with Crippen LogP contribution < -0.4 is 11.1 Å². The SMILES string of the molecule is Cl.N=C(N)c1ccc(NC(=O)c2ccccc2-c2ccccc2C(=O)O)cc1. The quantitative estimate of drug-likeness (QED) is 0.385. The number of nitrogen functional groups attached to an aromatic ring is 1. The lowest BCUT2D eigenvalue weighted by molar-refractivity contribution is 0.0697. The summed E-state index contributed by atoms with van der Waals surface area (Å²) in [5, 5.41) is 19.6. The molecule has 0 atom stereocenters. The fourth-order valence-electron chi connectivity index (χ4n) is 2.75. The minimum atomic E-state index is -1.05. The Morgan fingerprint density at radius 1 is 0.821 bits per heavy atom. The summed E-state index contributed by atoms with van der Waals surface area (Å²) in [6.45, 7) is 0. The van der Waals surface area contributed by atoms with Gasteiger partial charge in [0.25, 0.3) is 5.91 Å². The molecule has 0 aliphatic rings. The maximum absolute atomic E-state index is 12.8. The highest BCUT2D eigenvalue weighted by Gasteiger charge is 2.17. The molecule has 6 nitrogen and oxygen atoms in total. The van der Waals surface area contributed by atoms with Crippen molar-refractivity contribution in [3.8, 4) is 11.1 Å². The van der Waals surface area contributed by atoms with Crippen LogP contribution >= 0.6 is 12.4 Å². The van der Waals surface area contributed by atoms with Gasteiger partial charge in [0.1, 0.15) is 5.84 Å². The Bertz CT molecular complexity index is 1030. The monoisotopic (exact) mass is 395 g/mol. The molecule has 0 aliphatic heterocycles. The van der Waals surface area contributed by atoms with Gasteiger partial charge < -0.3 is 16.2 Å². The molecule has 0 aromatic heterocycles. The van der Waals surface area contributed by atoms with Gasteiger partial charge in [0.15, 0.2) is 0 Å². The number of carbonyl (C=O) groups excluding carboxylic acids is 1. The number of nitrogens with one attached hydrogen (secondary N) is 2. The van der Waals surface area contributed by atoms with Crippen LogP contribution in [-0.2, 0) is 0 Å². The van der Waals surface area contributed by atoms with E-state index in [1.807, 2.05) is 0 Å². The molecule has 0 saturated heterocycles. The zero-order chi connectivity index (χ0) is 19.4. The molecule has 0 heterocycles. The first-order chi connectivity index (χ1) is 13.0. The van der Waals surface area contributed by atoms with E-state index in [4.69, 9.17) is 11.1 Å². The number of aromatic carboxylic acids is 1. The Hall–Kier alpha value is -3.64. The largest absolute Gasteiger partial charge is 0.478 e. The fraction of sp³-hybridized carbons (Fsp3) is 0. The van der Waals surface area contributed by atoms with Gasteiger partial charge in [-0.3, -0.25) is 10.2 Å². The maximum Gasteiger partial charge on any atom is 0.336 e. The van der Waals surface area contributed by atoms with Gasteiger partial charge >= 0.3 is 5.97 Å². The molecule has 7 heteroatoms. The number of halogens is 1. The average molecular weight is 396 g/mol. The number of anilines is 1. The Balaban J connectivity index is 0.00000280. The smallest absolute Gasteiger partial charge is 0.336 e. The van der Waals surface area contributed by atoms with Crippen molar-refractivity contribution in [3.63, 3.8) is 0 Å². The summed E-state index contributed by atoms with van der Waals surface area (Å²) in [5.74, 6) is -1.47. The minimum absolute atomic E-state index is 0. The molecule has 28 heavy (non-hydrogen) atoms. The lowest BCUT2D eigenvalue weighted by Gasteiger charge is -2.12. The highest BCUT2D eigenvalue weighted by molar-refractivity contribution is 6.10. The zero-order valence-corrected chi connectivity index (χ0v) is 15.5. The normalized spacial score (nSPS) is 9.86. The van der Waals surface area contributed by atoms with E-state index >= 15 is 0 Å². The molecular weight excluding hydrogens is 378 g/mol. The highest BCUT2D eigenvalue weighted by atomic mass is 35.5. The van der Waals surface area contributed by atoms with E-state index in [-0.39, 0.29) is 29.7 Å². The molecule has 5 N–H and O–H groups in total. The van der Waals surface area contributed by atoms with Gasteiger partial charge in [0.05, 0.1) is 5.56 Å². The van der Waals surface area contributed by atoms with E-state index < -0.39 is 5.97 Å². The first-order valence-electron chi connectivity index (χ1n) is 8.15. The molecule has 0 bridgehead atoms. The van der Waals surface area contributed by atoms with E-state index in [1.165, 1.54) is 6.07 Å². The molecule has 3 aromatic carbocycles. The molecule has 0 unspecified atom stereocenters. The number of carbonyl (C=O) groups is 2.